The van der Waals surface area contributed by atoms with Crippen LogP contribution in [0.25, 0.3) is 11.1 Å². The summed E-state index contributed by atoms with van der Waals surface area (Å²) in [6.45, 7) is 0.807. The van der Waals surface area contributed by atoms with Crippen molar-refractivity contribution in [2.45, 2.75) is 56.5 Å². The van der Waals surface area contributed by atoms with Gasteiger partial charge in [0.2, 0.25) is 11.8 Å². The van der Waals surface area contributed by atoms with Gasteiger partial charge in [0.1, 0.15) is 18.7 Å². The van der Waals surface area contributed by atoms with Crippen molar-refractivity contribution in [2.24, 2.45) is 11.8 Å². The third-order valence-electron chi connectivity index (χ3n) is 7.61. The highest BCUT2D eigenvalue weighted by molar-refractivity contribution is 5.86. The molecule has 0 radical (unpaired) electrons. The first-order valence-corrected chi connectivity index (χ1v) is 13.1. The third-order valence-corrected chi connectivity index (χ3v) is 7.61. The molecule has 192 valence electrons. The summed E-state index contributed by atoms with van der Waals surface area (Å²) in [7, 11) is 0. The Morgan fingerprint density at radius 1 is 1.00 bits per heavy atom. The number of fused-ring (bicyclic) bond motifs is 3. The van der Waals surface area contributed by atoms with Crippen LogP contribution in [0.3, 0.4) is 0 Å². The number of nitrogens with zero attached hydrogens (tertiary/aromatic N) is 1. The van der Waals surface area contributed by atoms with E-state index in [-0.39, 0.29) is 30.8 Å². The van der Waals surface area contributed by atoms with Gasteiger partial charge in [-0.25, -0.2) is 4.79 Å². The fourth-order valence-electron chi connectivity index (χ4n) is 5.46. The average Bonchev–Trinajstić information content (AvgIpc) is 3.68. The van der Waals surface area contributed by atoms with Crippen molar-refractivity contribution in [3.8, 4) is 17.2 Å². The van der Waals surface area contributed by atoms with Gasteiger partial charge >= 0.3 is 6.09 Å². The lowest BCUT2D eigenvalue weighted by molar-refractivity contribution is -0.128. The van der Waals surface area contributed by atoms with E-state index in [1.54, 1.807) is 0 Å². The second kappa shape index (κ2) is 11.0. The zero-order valence-electron chi connectivity index (χ0n) is 20.7. The van der Waals surface area contributed by atoms with Crippen LogP contribution in [-0.4, -0.2) is 43.1 Å². The van der Waals surface area contributed by atoms with Crippen LogP contribution in [0.15, 0.2) is 48.5 Å². The lowest BCUT2D eigenvalue weighted by atomic mass is 9.92. The minimum Gasteiger partial charge on any atom is -0.449 e. The predicted octanol–water partition coefficient (Wildman–Crippen LogP) is 3.62. The average molecular weight is 501 g/mol. The van der Waals surface area contributed by atoms with Crippen molar-refractivity contribution in [1.29, 1.82) is 5.26 Å². The van der Waals surface area contributed by atoms with Gasteiger partial charge in [-0.1, -0.05) is 61.4 Å². The summed E-state index contributed by atoms with van der Waals surface area (Å²) in [6, 6.07) is 16.7. The molecule has 0 spiro atoms. The Morgan fingerprint density at radius 3 is 2.30 bits per heavy atom. The van der Waals surface area contributed by atoms with Crippen LogP contribution < -0.4 is 16.0 Å². The molecule has 8 nitrogen and oxygen atoms in total. The summed E-state index contributed by atoms with van der Waals surface area (Å²) >= 11 is 0. The van der Waals surface area contributed by atoms with E-state index in [0.29, 0.717) is 25.3 Å². The number of benzene rings is 2. The molecule has 1 aliphatic heterocycles. The number of piperidine rings is 1. The van der Waals surface area contributed by atoms with Gasteiger partial charge in [0, 0.05) is 18.4 Å². The second-order valence-corrected chi connectivity index (χ2v) is 10.3. The molecule has 1 saturated heterocycles. The van der Waals surface area contributed by atoms with Crippen LogP contribution in [0, 0.1) is 23.2 Å². The number of alkyl carbamates (subject to hydrolysis) is 1. The van der Waals surface area contributed by atoms with Gasteiger partial charge in [0.25, 0.3) is 0 Å². The largest absolute Gasteiger partial charge is 0.449 e. The third kappa shape index (κ3) is 5.77. The highest BCUT2D eigenvalue weighted by Crippen LogP contribution is 2.44. The molecule has 8 heteroatoms. The minimum absolute atomic E-state index is 0.0709. The zero-order valence-corrected chi connectivity index (χ0v) is 20.7. The van der Waals surface area contributed by atoms with Gasteiger partial charge in [-0.2, -0.15) is 5.26 Å². The van der Waals surface area contributed by atoms with Gasteiger partial charge < -0.3 is 20.7 Å². The summed E-state index contributed by atoms with van der Waals surface area (Å²) in [6.07, 6.45) is 3.69. The van der Waals surface area contributed by atoms with Crippen molar-refractivity contribution in [2.75, 3.05) is 13.2 Å². The summed E-state index contributed by atoms with van der Waals surface area (Å²) < 4.78 is 5.64. The molecule has 2 aliphatic carbocycles. The number of carbonyl (C=O) groups is 3. The molecule has 3 atom stereocenters. The molecule has 2 aromatic carbocycles. The summed E-state index contributed by atoms with van der Waals surface area (Å²) in [4.78, 5) is 38.0. The van der Waals surface area contributed by atoms with E-state index in [9.17, 15) is 19.6 Å². The molecule has 1 heterocycles. The number of nitriles is 1. The van der Waals surface area contributed by atoms with E-state index in [0.717, 1.165) is 41.5 Å². The summed E-state index contributed by atoms with van der Waals surface area (Å²) in [5.41, 5.74) is 4.53. The van der Waals surface area contributed by atoms with E-state index in [2.05, 4.69) is 46.3 Å². The smallest absolute Gasteiger partial charge is 0.407 e. The highest BCUT2D eigenvalue weighted by Gasteiger charge is 2.34. The van der Waals surface area contributed by atoms with E-state index < -0.39 is 24.1 Å². The SMILES string of the molecule is N#C[C@H](C[C@@H]1CCCNC1=O)NC(=O)[C@H](CC1CC1)NC(=O)OCC1c2ccccc2-c2ccccc21. The maximum Gasteiger partial charge on any atom is 0.407 e. The van der Waals surface area contributed by atoms with Gasteiger partial charge in [-0.05, 0) is 53.9 Å². The molecule has 3 amide bonds. The predicted molar refractivity (Wildman–Crippen MR) is 137 cm³/mol. The van der Waals surface area contributed by atoms with Crippen LogP contribution in [0.5, 0.6) is 0 Å². The lowest BCUT2D eigenvalue weighted by Crippen LogP contribution is -2.50. The Morgan fingerprint density at radius 2 is 1.68 bits per heavy atom. The van der Waals surface area contributed by atoms with Crippen LogP contribution in [0.4, 0.5) is 4.79 Å². The minimum atomic E-state index is -0.799. The molecular weight excluding hydrogens is 468 g/mol. The van der Waals surface area contributed by atoms with Gasteiger partial charge in [-0.15, -0.1) is 0 Å². The van der Waals surface area contributed by atoms with E-state index in [4.69, 9.17) is 4.74 Å². The van der Waals surface area contributed by atoms with E-state index in [1.165, 1.54) is 0 Å². The molecule has 5 rings (SSSR count). The van der Waals surface area contributed by atoms with Gasteiger partial charge in [0.15, 0.2) is 0 Å². The van der Waals surface area contributed by atoms with Gasteiger partial charge in [-0.3, -0.25) is 9.59 Å². The van der Waals surface area contributed by atoms with Crippen molar-refractivity contribution in [3.63, 3.8) is 0 Å². The van der Waals surface area contributed by atoms with Crippen molar-refractivity contribution in [1.82, 2.24) is 16.0 Å². The normalized spacial score (nSPS) is 20.0. The van der Waals surface area contributed by atoms with Crippen LogP contribution >= 0.6 is 0 Å². The number of amides is 3. The van der Waals surface area contributed by atoms with Crippen LogP contribution in [0.2, 0.25) is 0 Å². The number of hydrogen-bond donors (Lipinski definition) is 3. The zero-order chi connectivity index (χ0) is 25.8. The van der Waals surface area contributed by atoms with Crippen molar-refractivity contribution >= 4 is 17.9 Å². The fraction of sp³-hybridized carbons (Fsp3) is 0.448. The maximum absolute atomic E-state index is 13.1. The van der Waals surface area contributed by atoms with Crippen LogP contribution in [-0.2, 0) is 14.3 Å². The Kier molecular flexibility index (Phi) is 7.40. The monoisotopic (exact) mass is 500 g/mol. The van der Waals surface area contributed by atoms with E-state index >= 15 is 0 Å². The lowest BCUT2D eigenvalue weighted by Gasteiger charge is -2.25. The van der Waals surface area contributed by atoms with Crippen LogP contribution in [0.1, 0.15) is 55.6 Å². The molecule has 1 saturated carbocycles. The molecule has 37 heavy (non-hydrogen) atoms. The molecule has 0 unspecified atom stereocenters. The molecule has 3 N–H and O–H groups in total. The maximum atomic E-state index is 13.1. The number of hydrogen-bond acceptors (Lipinski definition) is 5. The number of ether oxygens (including phenoxy) is 1. The molecular formula is C29H32N4O4. The second-order valence-electron chi connectivity index (χ2n) is 10.3. The molecule has 3 aliphatic rings. The first kappa shape index (κ1) is 24.8. The number of nitrogens with one attached hydrogen (secondary N) is 3. The van der Waals surface area contributed by atoms with E-state index in [1.807, 2.05) is 24.3 Å². The summed E-state index contributed by atoms with van der Waals surface area (Å²) in [5, 5.41) is 17.9. The fourth-order valence-corrected chi connectivity index (χ4v) is 5.46. The molecule has 2 fully saturated rings. The quantitative estimate of drug-likeness (QED) is 0.486. The highest BCUT2D eigenvalue weighted by atomic mass is 16.5. The summed E-state index contributed by atoms with van der Waals surface area (Å²) in [5.74, 6) is -0.487. The molecule has 2 aromatic rings. The van der Waals surface area contributed by atoms with Crippen molar-refractivity contribution in [3.05, 3.63) is 59.7 Å². The Labute approximate surface area is 216 Å². The molecule has 0 aromatic heterocycles. The first-order valence-electron chi connectivity index (χ1n) is 13.1. The Hall–Kier alpha value is -3.86. The first-order chi connectivity index (χ1) is 18.0. The number of carbonyl (C=O) groups excluding carboxylic acids is 3. The Balaban J connectivity index is 1.20. The molecule has 0 bridgehead atoms. The standard InChI is InChI=1S/C29H32N4O4/c30-16-20(15-19-6-5-13-31-27(19)34)32-28(35)26(14-18-11-12-18)33-29(36)37-17-25-23-9-3-1-7-21(23)22-8-2-4-10-24(22)25/h1-4,7-10,18-20,25-26H,5-6,11-15,17H2,(H,31,34)(H,32,35)(H,33,36)/t19-,20-,26-/m0/s1. The Bertz CT molecular complexity index is 1170. The van der Waals surface area contributed by atoms with Gasteiger partial charge in [0.05, 0.1) is 6.07 Å². The topological polar surface area (TPSA) is 120 Å². The number of rotatable bonds is 9. The van der Waals surface area contributed by atoms with Crippen molar-refractivity contribution < 1.29 is 19.1 Å².